The van der Waals surface area contributed by atoms with E-state index in [4.69, 9.17) is 21.1 Å². The van der Waals surface area contributed by atoms with E-state index in [2.05, 4.69) is 5.32 Å². The Bertz CT molecular complexity index is 1060. The van der Waals surface area contributed by atoms with Crippen LogP contribution < -0.4 is 5.32 Å². The Morgan fingerprint density at radius 1 is 1.10 bits per heavy atom. The zero-order valence-corrected chi connectivity index (χ0v) is 16.6. The van der Waals surface area contributed by atoms with Gasteiger partial charge in [-0.05, 0) is 37.3 Å². The number of ether oxygens (including phenoxy) is 2. The molecule has 1 amide bonds. The Hall–Kier alpha value is -3.32. The predicted octanol–water partition coefficient (Wildman–Crippen LogP) is 3.65. The van der Waals surface area contributed by atoms with Gasteiger partial charge in [0.1, 0.15) is 6.54 Å². The first-order chi connectivity index (χ1) is 13.9. The number of carbonyl (C=O) groups excluding carboxylic acids is 3. The van der Waals surface area contributed by atoms with Crippen molar-refractivity contribution in [2.45, 2.75) is 19.6 Å². The smallest absolute Gasteiger partial charge is 0.340 e. The predicted molar refractivity (Wildman–Crippen MR) is 109 cm³/mol. The largest absolute Gasteiger partial charge is 0.465 e. The molecular weight excluding hydrogens is 396 g/mol. The number of carbonyl (C=O) groups is 3. The number of nitrogens with zero attached hydrogens (tertiary/aromatic N) is 1. The molecule has 0 fully saturated rings. The van der Waals surface area contributed by atoms with Crippen LogP contribution in [0.1, 0.15) is 17.3 Å². The maximum Gasteiger partial charge on any atom is 0.340 e. The molecule has 3 rings (SSSR count). The molecule has 7 nitrogen and oxygen atoms in total. The van der Waals surface area contributed by atoms with E-state index in [1.54, 1.807) is 53.1 Å². The van der Waals surface area contributed by atoms with Gasteiger partial charge in [0.15, 0.2) is 6.10 Å². The van der Waals surface area contributed by atoms with Gasteiger partial charge >= 0.3 is 11.9 Å². The van der Waals surface area contributed by atoms with Gasteiger partial charge < -0.3 is 19.4 Å². The minimum absolute atomic E-state index is 0.157. The van der Waals surface area contributed by atoms with Crippen LogP contribution in [0.5, 0.6) is 0 Å². The topological polar surface area (TPSA) is 86.6 Å². The number of para-hydroxylation sites is 1. The van der Waals surface area contributed by atoms with E-state index >= 15 is 0 Å². The van der Waals surface area contributed by atoms with Crippen molar-refractivity contribution < 1.29 is 23.9 Å². The van der Waals surface area contributed by atoms with Crippen molar-refractivity contribution in [2.75, 3.05) is 12.4 Å². The number of nitrogens with one attached hydrogen (secondary N) is 1. The second-order valence-corrected chi connectivity index (χ2v) is 6.74. The molecule has 1 heterocycles. The molecule has 0 spiro atoms. The summed E-state index contributed by atoms with van der Waals surface area (Å²) in [5.74, 6) is -1.57. The summed E-state index contributed by atoms with van der Waals surface area (Å²) < 4.78 is 11.6. The van der Waals surface area contributed by atoms with Crippen LogP contribution >= 0.6 is 11.6 Å². The van der Waals surface area contributed by atoms with Gasteiger partial charge in [0.2, 0.25) is 0 Å². The summed E-state index contributed by atoms with van der Waals surface area (Å²) in [6, 6.07) is 13.7. The molecule has 0 radical (unpaired) electrons. The highest BCUT2D eigenvalue weighted by Crippen LogP contribution is 2.22. The highest BCUT2D eigenvalue weighted by Gasteiger charge is 2.20. The third-order valence-corrected chi connectivity index (χ3v) is 4.53. The maximum atomic E-state index is 12.4. The summed E-state index contributed by atoms with van der Waals surface area (Å²) in [5.41, 5.74) is 1.58. The number of methoxy groups -OCH3 is 1. The molecule has 0 aliphatic rings. The molecule has 0 bridgehead atoms. The van der Waals surface area contributed by atoms with Crippen LogP contribution in [-0.4, -0.2) is 35.6 Å². The monoisotopic (exact) mass is 414 g/mol. The molecule has 0 saturated heterocycles. The first kappa shape index (κ1) is 20.4. The van der Waals surface area contributed by atoms with Gasteiger partial charge in [0.25, 0.3) is 5.91 Å². The lowest BCUT2D eigenvalue weighted by Crippen LogP contribution is -2.31. The number of fused-ring (bicyclic) bond motifs is 1. The van der Waals surface area contributed by atoms with Crippen molar-refractivity contribution in [3.05, 3.63) is 65.3 Å². The summed E-state index contributed by atoms with van der Waals surface area (Å²) in [6.45, 7) is 1.33. The first-order valence-corrected chi connectivity index (χ1v) is 9.19. The van der Waals surface area contributed by atoms with Crippen LogP contribution in [0.4, 0.5) is 5.69 Å². The maximum absolute atomic E-state index is 12.4. The lowest BCUT2D eigenvalue weighted by molar-refractivity contribution is -0.153. The summed E-state index contributed by atoms with van der Waals surface area (Å²) in [6.07, 6.45) is 0.538. The lowest BCUT2D eigenvalue weighted by Gasteiger charge is -2.14. The Kier molecular flexibility index (Phi) is 6.19. The summed E-state index contributed by atoms with van der Waals surface area (Å²) in [5, 5.41) is 3.87. The average molecular weight is 415 g/mol. The fourth-order valence-electron chi connectivity index (χ4n) is 2.85. The zero-order valence-electron chi connectivity index (χ0n) is 15.8. The van der Waals surface area contributed by atoms with Crippen molar-refractivity contribution in [3.63, 3.8) is 0 Å². The summed E-state index contributed by atoms with van der Waals surface area (Å²) in [4.78, 5) is 36.6. The second kappa shape index (κ2) is 8.79. The van der Waals surface area contributed by atoms with E-state index in [0.29, 0.717) is 27.2 Å². The molecule has 0 saturated carbocycles. The Morgan fingerprint density at radius 2 is 1.79 bits per heavy atom. The number of rotatable bonds is 6. The lowest BCUT2D eigenvalue weighted by atomic mass is 10.2. The SMILES string of the molecule is COC(=O)c1cn(CC(=O)O[C@H](C)C(=O)Nc2ccc(Cl)cc2)c2ccccc12. The van der Waals surface area contributed by atoms with Gasteiger partial charge in [-0.15, -0.1) is 0 Å². The Labute approximate surface area is 172 Å². The average Bonchev–Trinajstić information content (AvgIpc) is 3.07. The van der Waals surface area contributed by atoms with Crippen molar-refractivity contribution in [1.82, 2.24) is 4.57 Å². The molecule has 150 valence electrons. The van der Waals surface area contributed by atoms with E-state index in [0.717, 1.165) is 0 Å². The van der Waals surface area contributed by atoms with E-state index in [1.807, 2.05) is 0 Å². The molecule has 1 atom stereocenters. The molecule has 0 aliphatic heterocycles. The van der Waals surface area contributed by atoms with E-state index in [1.165, 1.54) is 20.2 Å². The van der Waals surface area contributed by atoms with Gasteiger partial charge in [-0.2, -0.15) is 0 Å². The highest BCUT2D eigenvalue weighted by molar-refractivity contribution is 6.30. The molecule has 1 aromatic heterocycles. The van der Waals surface area contributed by atoms with Crippen LogP contribution in [0.25, 0.3) is 10.9 Å². The summed E-state index contributed by atoms with van der Waals surface area (Å²) in [7, 11) is 1.30. The molecule has 29 heavy (non-hydrogen) atoms. The van der Waals surface area contributed by atoms with Gasteiger partial charge in [0, 0.05) is 27.8 Å². The fourth-order valence-corrected chi connectivity index (χ4v) is 2.98. The minimum Gasteiger partial charge on any atom is -0.465 e. The van der Waals surface area contributed by atoms with Crippen molar-refractivity contribution in [1.29, 1.82) is 0 Å². The van der Waals surface area contributed by atoms with Crippen LogP contribution in [0, 0.1) is 0 Å². The number of anilines is 1. The van der Waals surface area contributed by atoms with Crippen LogP contribution in [0.15, 0.2) is 54.7 Å². The number of aromatic nitrogens is 1. The number of hydrogen-bond acceptors (Lipinski definition) is 5. The van der Waals surface area contributed by atoms with Crippen LogP contribution in [0.2, 0.25) is 5.02 Å². The quantitative estimate of drug-likeness (QED) is 0.622. The second-order valence-electron chi connectivity index (χ2n) is 6.31. The molecule has 2 aromatic carbocycles. The number of amides is 1. The van der Waals surface area contributed by atoms with E-state index < -0.39 is 23.9 Å². The summed E-state index contributed by atoms with van der Waals surface area (Å²) >= 11 is 5.82. The molecule has 3 aromatic rings. The molecular formula is C21H19ClN2O5. The highest BCUT2D eigenvalue weighted by atomic mass is 35.5. The molecule has 0 aliphatic carbocycles. The Balaban J connectivity index is 1.68. The number of halogens is 1. The van der Waals surface area contributed by atoms with Crippen LogP contribution in [-0.2, 0) is 25.6 Å². The fraction of sp³-hybridized carbons (Fsp3) is 0.190. The van der Waals surface area contributed by atoms with Gasteiger partial charge in [0.05, 0.1) is 12.7 Å². The Morgan fingerprint density at radius 3 is 2.48 bits per heavy atom. The third kappa shape index (κ3) is 4.75. The first-order valence-electron chi connectivity index (χ1n) is 8.81. The van der Waals surface area contributed by atoms with E-state index in [9.17, 15) is 14.4 Å². The van der Waals surface area contributed by atoms with Crippen LogP contribution in [0.3, 0.4) is 0 Å². The molecule has 8 heteroatoms. The third-order valence-electron chi connectivity index (χ3n) is 4.28. The number of esters is 2. The molecule has 1 N–H and O–H groups in total. The van der Waals surface area contributed by atoms with Gasteiger partial charge in [-0.25, -0.2) is 4.79 Å². The van der Waals surface area contributed by atoms with Gasteiger partial charge in [-0.3, -0.25) is 9.59 Å². The number of benzene rings is 2. The van der Waals surface area contributed by atoms with E-state index in [-0.39, 0.29) is 6.54 Å². The van der Waals surface area contributed by atoms with Crippen molar-refractivity contribution in [3.8, 4) is 0 Å². The zero-order chi connectivity index (χ0) is 21.0. The van der Waals surface area contributed by atoms with Crippen molar-refractivity contribution >= 4 is 46.0 Å². The minimum atomic E-state index is -1.000. The van der Waals surface area contributed by atoms with Gasteiger partial charge in [-0.1, -0.05) is 29.8 Å². The normalized spacial score (nSPS) is 11.7. The molecule has 0 unspecified atom stereocenters. The number of hydrogen-bond donors (Lipinski definition) is 1. The van der Waals surface area contributed by atoms with Crippen molar-refractivity contribution in [2.24, 2.45) is 0 Å². The standard InChI is InChI=1S/C21H19ClN2O5/c1-13(20(26)23-15-9-7-14(22)8-10-15)29-19(25)12-24-11-17(21(27)28-2)16-5-3-4-6-18(16)24/h3-11,13H,12H2,1-2H3,(H,23,26)/t13-/m1/s1.